The molecule has 0 aliphatic heterocycles. The van der Waals surface area contributed by atoms with Crippen molar-refractivity contribution in [3.05, 3.63) is 30.9 Å². The number of anilines is 1. The van der Waals surface area contributed by atoms with Crippen LogP contribution < -0.4 is 14.8 Å². The lowest BCUT2D eigenvalue weighted by atomic mass is 10.2. The highest BCUT2D eigenvalue weighted by molar-refractivity contribution is 5.91. The maximum atomic E-state index is 11.5. The third-order valence-electron chi connectivity index (χ3n) is 2.24. The molecule has 0 fully saturated rings. The van der Waals surface area contributed by atoms with Gasteiger partial charge in [0.1, 0.15) is 0 Å². The number of allylic oxidation sites excluding steroid dienone is 1. The predicted molar refractivity (Wildman–Crippen MR) is 67.6 cm³/mol. The maximum Gasteiger partial charge on any atom is 0.224 e. The van der Waals surface area contributed by atoms with Crippen LogP contribution in [0.15, 0.2) is 30.9 Å². The van der Waals surface area contributed by atoms with Crippen LogP contribution in [0, 0.1) is 0 Å². The Balaban J connectivity index is 2.71. The van der Waals surface area contributed by atoms with Crippen molar-refractivity contribution in [2.45, 2.75) is 12.8 Å². The van der Waals surface area contributed by atoms with E-state index in [1.54, 1.807) is 38.5 Å². The van der Waals surface area contributed by atoms with E-state index in [0.717, 1.165) is 0 Å². The third-order valence-corrected chi connectivity index (χ3v) is 2.24. The maximum absolute atomic E-state index is 11.5. The fourth-order valence-electron chi connectivity index (χ4n) is 1.37. The predicted octanol–water partition coefficient (Wildman–Crippen LogP) is 2.61. The minimum atomic E-state index is -0.0443. The summed E-state index contributed by atoms with van der Waals surface area (Å²) in [4.78, 5) is 11.5. The molecule has 0 atom stereocenters. The summed E-state index contributed by atoms with van der Waals surface area (Å²) in [5, 5.41) is 2.78. The number of carbonyl (C=O) groups excluding carboxylic acids is 1. The zero-order valence-electron chi connectivity index (χ0n) is 10.2. The van der Waals surface area contributed by atoms with E-state index >= 15 is 0 Å². The van der Waals surface area contributed by atoms with Gasteiger partial charge in [0.05, 0.1) is 14.2 Å². The van der Waals surface area contributed by atoms with Crippen LogP contribution in [0.4, 0.5) is 5.69 Å². The first-order chi connectivity index (χ1) is 8.21. The molecule has 0 saturated carbocycles. The number of ether oxygens (including phenoxy) is 2. The molecule has 1 rings (SSSR count). The number of methoxy groups -OCH3 is 2. The minimum absolute atomic E-state index is 0.0443. The number of benzene rings is 1. The Kier molecular flexibility index (Phi) is 5.07. The van der Waals surface area contributed by atoms with Crippen LogP contribution >= 0.6 is 0 Å². The number of hydrogen-bond donors (Lipinski definition) is 1. The zero-order chi connectivity index (χ0) is 12.7. The molecule has 1 aromatic carbocycles. The van der Waals surface area contributed by atoms with Crippen LogP contribution in [0.5, 0.6) is 11.5 Å². The first-order valence-corrected chi connectivity index (χ1v) is 5.34. The molecule has 0 bridgehead atoms. The van der Waals surface area contributed by atoms with Crippen molar-refractivity contribution in [2.75, 3.05) is 19.5 Å². The summed E-state index contributed by atoms with van der Waals surface area (Å²) in [6, 6.07) is 5.25. The summed E-state index contributed by atoms with van der Waals surface area (Å²) in [6.45, 7) is 3.57. The molecule has 1 aromatic rings. The summed E-state index contributed by atoms with van der Waals surface area (Å²) in [5.41, 5.74) is 0.691. The van der Waals surface area contributed by atoms with Crippen molar-refractivity contribution in [3.8, 4) is 11.5 Å². The quantitative estimate of drug-likeness (QED) is 0.771. The van der Waals surface area contributed by atoms with Gasteiger partial charge < -0.3 is 14.8 Å². The van der Waals surface area contributed by atoms with Gasteiger partial charge in [0.15, 0.2) is 11.5 Å². The summed E-state index contributed by atoms with van der Waals surface area (Å²) in [6.07, 6.45) is 2.81. The average Bonchev–Trinajstić information content (AvgIpc) is 2.36. The Morgan fingerprint density at radius 3 is 2.65 bits per heavy atom. The first-order valence-electron chi connectivity index (χ1n) is 5.34. The lowest BCUT2D eigenvalue weighted by Crippen LogP contribution is -2.10. The SMILES string of the molecule is C=CCCC(=O)Nc1ccc(OC)c(OC)c1. The van der Waals surface area contributed by atoms with Crippen molar-refractivity contribution < 1.29 is 14.3 Å². The molecule has 0 aliphatic carbocycles. The van der Waals surface area contributed by atoms with E-state index in [2.05, 4.69) is 11.9 Å². The molecule has 17 heavy (non-hydrogen) atoms. The second kappa shape index (κ2) is 6.58. The summed E-state index contributed by atoms with van der Waals surface area (Å²) in [5.74, 6) is 1.18. The van der Waals surface area contributed by atoms with Crippen LogP contribution in [0.25, 0.3) is 0 Å². The molecular weight excluding hydrogens is 218 g/mol. The minimum Gasteiger partial charge on any atom is -0.493 e. The number of amides is 1. The lowest BCUT2D eigenvalue weighted by Gasteiger charge is -2.10. The number of rotatable bonds is 6. The molecule has 0 unspecified atom stereocenters. The summed E-state index contributed by atoms with van der Waals surface area (Å²) < 4.78 is 10.3. The lowest BCUT2D eigenvalue weighted by molar-refractivity contribution is -0.116. The van der Waals surface area contributed by atoms with Crippen LogP contribution in [0.3, 0.4) is 0 Å². The van der Waals surface area contributed by atoms with E-state index < -0.39 is 0 Å². The highest BCUT2D eigenvalue weighted by Crippen LogP contribution is 2.29. The molecule has 1 amide bonds. The fourth-order valence-corrected chi connectivity index (χ4v) is 1.37. The van der Waals surface area contributed by atoms with Gasteiger partial charge in [-0.3, -0.25) is 4.79 Å². The molecular formula is C13H17NO3. The van der Waals surface area contributed by atoms with E-state index in [-0.39, 0.29) is 5.91 Å². The molecule has 0 aliphatic rings. The van der Waals surface area contributed by atoms with E-state index in [1.165, 1.54) is 0 Å². The standard InChI is InChI=1S/C13H17NO3/c1-4-5-6-13(15)14-10-7-8-11(16-2)12(9-10)17-3/h4,7-9H,1,5-6H2,2-3H3,(H,14,15). The molecule has 0 spiro atoms. The molecule has 0 radical (unpaired) electrons. The topological polar surface area (TPSA) is 47.6 Å². The van der Waals surface area contributed by atoms with Crippen LogP contribution in [-0.4, -0.2) is 20.1 Å². The van der Waals surface area contributed by atoms with Crippen molar-refractivity contribution in [3.63, 3.8) is 0 Å². The number of carbonyl (C=O) groups is 1. The summed E-state index contributed by atoms with van der Waals surface area (Å²) in [7, 11) is 3.13. The van der Waals surface area contributed by atoms with Gasteiger partial charge in [-0.1, -0.05) is 6.08 Å². The van der Waals surface area contributed by atoms with Gasteiger partial charge in [-0.2, -0.15) is 0 Å². The van der Waals surface area contributed by atoms with Gasteiger partial charge in [-0.25, -0.2) is 0 Å². The highest BCUT2D eigenvalue weighted by atomic mass is 16.5. The molecule has 92 valence electrons. The number of hydrogen-bond acceptors (Lipinski definition) is 3. The van der Waals surface area contributed by atoms with Gasteiger partial charge in [-0.05, 0) is 18.6 Å². The van der Waals surface area contributed by atoms with Crippen LogP contribution in [-0.2, 0) is 4.79 Å². The van der Waals surface area contributed by atoms with Crippen LogP contribution in [0.1, 0.15) is 12.8 Å². The van der Waals surface area contributed by atoms with Gasteiger partial charge in [0, 0.05) is 18.2 Å². The van der Waals surface area contributed by atoms with Crippen LogP contribution in [0.2, 0.25) is 0 Å². The Morgan fingerprint density at radius 1 is 1.35 bits per heavy atom. The second-order valence-corrected chi connectivity index (χ2v) is 3.45. The Morgan fingerprint density at radius 2 is 2.06 bits per heavy atom. The van der Waals surface area contributed by atoms with Gasteiger partial charge >= 0.3 is 0 Å². The normalized spacial score (nSPS) is 9.53. The van der Waals surface area contributed by atoms with Crippen molar-refractivity contribution in [1.82, 2.24) is 0 Å². The summed E-state index contributed by atoms with van der Waals surface area (Å²) >= 11 is 0. The van der Waals surface area contributed by atoms with E-state index in [1.807, 2.05) is 0 Å². The number of nitrogens with one attached hydrogen (secondary N) is 1. The Hall–Kier alpha value is -1.97. The smallest absolute Gasteiger partial charge is 0.224 e. The van der Waals surface area contributed by atoms with Gasteiger partial charge in [0.25, 0.3) is 0 Å². The molecule has 4 nitrogen and oxygen atoms in total. The van der Waals surface area contributed by atoms with E-state index in [9.17, 15) is 4.79 Å². The zero-order valence-corrected chi connectivity index (χ0v) is 10.2. The third kappa shape index (κ3) is 3.83. The molecule has 0 aromatic heterocycles. The van der Waals surface area contributed by atoms with Crippen molar-refractivity contribution in [2.24, 2.45) is 0 Å². The van der Waals surface area contributed by atoms with Gasteiger partial charge in [0.2, 0.25) is 5.91 Å². The highest BCUT2D eigenvalue weighted by Gasteiger charge is 2.06. The largest absolute Gasteiger partial charge is 0.493 e. The Bertz CT molecular complexity index is 402. The van der Waals surface area contributed by atoms with E-state index in [4.69, 9.17) is 9.47 Å². The molecule has 0 saturated heterocycles. The average molecular weight is 235 g/mol. The second-order valence-electron chi connectivity index (χ2n) is 3.45. The van der Waals surface area contributed by atoms with Crippen molar-refractivity contribution in [1.29, 1.82) is 0 Å². The molecule has 1 N–H and O–H groups in total. The van der Waals surface area contributed by atoms with Gasteiger partial charge in [-0.15, -0.1) is 6.58 Å². The Labute approximate surface area is 101 Å². The van der Waals surface area contributed by atoms with E-state index in [0.29, 0.717) is 30.0 Å². The fraction of sp³-hybridized carbons (Fsp3) is 0.308. The van der Waals surface area contributed by atoms with Crippen molar-refractivity contribution >= 4 is 11.6 Å². The molecule has 0 heterocycles. The monoisotopic (exact) mass is 235 g/mol. The molecule has 4 heteroatoms. The first kappa shape index (κ1) is 13.1.